The molecule has 5 nitrogen and oxygen atoms in total. The monoisotopic (exact) mass is 426 g/mol. The molecule has 1 aromatic carbocycles. The van der Waals surface area contributed by atoms with E-state index in [4.69, 9.17) is 14.6 Å². The largest absolute Gasteiger partial charge is 0.469 e. The van der Waals surface area contributed by atoms with Crippen LogP contribution in [0.4, 0.5) is 8.78 Å². The Balaban J connectivity index is 2.35. The van der Waals surface area contributed by atoms with E-state index in [1.807, 2.05) is 6.07 Å². The first-order valence-electron chi connectivity index (χ1n) is 10.2. The van der Waals surface area contributed by atoms with Crippen LogP contribution in [-0.2, 0) is 30.9 Å². The molecule has 1 aliphatic carbocycles. The molecule has 0 aliphatic heterocycles. The summed E-state index contributed by atoms with van der Waals surface area (Å²) in [5.74, 6) is -4.15. The van der Waals surface area contributed by atoms with Crippen molar-refractivity contribution in [3.8, 4) is 0 Å². The van der Waals surface area contributed by atoms with E-state index in [1.165, 1.54) is 7.11 Å². The van der Waals surface area contributed by atoms with E-state index in [2.05, 4.69) is 0 Å². The average molecular weight is 427 g/mol. The molecule has 1 aromatic rings. The number of hydrogen-bond acceptors (Lipinski definition) is 5. The van der Waals surface area contributed by atoms with Crippen LogP contribution in [0.25, 0.3) is 0 Å². The van der Waals surface area contributed by atoms with Crippen molar-refractivity contribution in [3.05, 3.63) is 35.4 Å². The summed E-state index contributed by atoms with van der Waals surface area (Å²) in [6.07, 6.45) is 1.08. The summed E-state index contributed by atoms with van der Waals surface area (Å²) >= 11 is 0. The minimum Gasteiger partial charge on any atom is -0.469 e. The highest BCUT2D eigenvalue weighted by Crippen LogP contribution is 2.49. The Labute approximate surface area is 176 Å². The zero-order chi connectivity index (χ0) is 22.8. The summed E-state index contributed by atoms with van der Waals surface area (Å²) in [5, 5.41) is 8.93. The summed E-state index contributed by atoms with van der Waals surface area (Å²) in [6, 6.07) is 7.10. The SMILES string of the molecule is COC(=O)C1(Cc2cccc(C(C)(CCC(F)(F)CO)C(=O)OC(C)(C)C)c2)CC1. The van der Waals surface area contributed by atoms with Crippen LogP contribution in [0, 0.1) is 5.41 Å². The zero-order valence-electron chi connectivity index (χ0n) is 18.4. The molecule has 168 valence electrons. The number of rotatable bonds is 9. The van der Waals surface area contributed by atoms with Gasteiger partial charge in [0.1, 0.15) is 12.2 Å². The summed E-state index contributed by atoms with van der Waals surface area (Å²) in [4.78, 5) is 25.1. The molecule has 0 radical (unpaired) electrons. The van der Waals surface area contributed by atoms with Crippen LogP contribution in [0.1, 0.15) is 64.5 Å². The molecule has 1 saturated carbocycles. The molecule has 0 spiro atoms. The van der Waals surface area contributed by atoms with Crippen molar-refractivity contribution in [1.29, 1.82) is 0 Å². The third-order valence-electron chi connectivity index (χ3n) is 5.65. The van der Waals surface area contributed by atoms with Gasteiger partial charge in [-0.25, -0.2) is 8.78 Å². The highest BCUT2D eigenvalue weighted by molar-refractivity contribution is 5.83. The van der Waals surface area contributed by atoms with Crippen molar-refractivity contribution in [2.45, 2.75) is 76.7 Å². The quantitative estimate of drug-likeness (QED) is 0.600. The number of alkyl halides is 2. The molecular weight excluding hydrogens is 394 g/mol. The van der Waals surface area contributed by atoms with E-state index in [0.717, 1.165) is 18.4 Å². The Hall–Kier alpha value is -2.02. The number of benzene rings is 1. The Morgan fingerprint density at radius 2 is 1.77 bits per heavy atom. The number of methoxy groups -OCH3 is 1. The predicted molar refractivity (Wildman–Crippen MR) is 108 cm³/mol. The number of carbonyl (C=O) groups is 2. The second kappa shape index (κ2) is 8.61. The molecular formula is C23H32F2O5. The molecule has 0 amide bonds. The van der Waals surface area contributed by atoms with E-state index >= 15 is 0 Å². The third kappa shape index (κ3) is 5.78. The van der Waals surface area contributed by atoms with Gasteiger partial charge in [-0.2, -0.15) is 0 Å². The van der Waals surface area contributed by atoms with Crippen LogP contribution in [0.15, 0.2) is 24.3 Å². The molecule has 1 atom stereocenters. The van der Waals surface area contributed by atoms with Gasteiger partial charge in [-0.1, -0.05) is 24.3 Å². The maximum absolute atomic E-state index is 13.8. The van der Waals surface area contributed by atoms with Crippen molar-refractivity contribution in [2.75, 3.05) is 13.7 Å². The molecule has 0 heterocycles. The first-order valence-corrected chi connectivity index (χ1v) is 10.2. The van der Waals surface area contributed by atoms with Crippen molar-refractivity contribution in [1.82, 2.24) is 0 Å². The Morgan fingerprint density at radius 1 is 1.13 bits per heavy atom. The molecule has 2 rings (SSSR count). The van der Waals surface area contributed by atoms with Gasteiger partial charge in [-0.05, 0) is 64.5 Å². The lowest BCUT2D eigenvalue weighted by Crippen LogP contribution is -2.40. The fourth-order valence-corrected chi connectivity index (χ4v) is 3.50. The molecule has 7 heteroatoms. The number of ether oxygens (including phenoxy) is 2. The first kappa shape index (κ1) is 24.3. The van der Waals surface area contributed by atoms with Crippen LogP contribution in [-0.4, -0.2) is 42.3 Å². The standard InChI is InChI=1S/C23H32F2O5/c1-20(2,3)30-18(27)21(4,9-12-23(24,25)15-26)17-8-6-7-16(13-17)14-22(10-11-22)19(28)29-5/h6-8,13,26H,9-12,14-15H2,1-5H3. The Bertz CT molecular complexity index is 780. The van der Waals surface area contributed by atoms with Crippen LogP contribution >= 0.6 is 0 Å². The van der Waals surface area contributed by atoms with Gasteiger partial charge in [0.25, 0.3) is 5.92 Å². The lowest BCUT2D eigenvalue weighted by atomic mass is 9.76. The molecule has 0 bridgehead atoms. The lowest BCUT2D eigenvalue weighted by Gasteiger charge is -2.33. The second-order valence-electron chi connectivity index (χ2n) is 9.50. The van der Waals surface area contributed by atoms with Crippen molar-refractivity contribution >= 4 is 11.9 Å². The van der Waals surface area contributed by atoms with E-state index in [1.54, 1.807) is 45.9 Å². The van der Waals surface area contributed by atoms with Gasteiger partial charge in [-0.3, -0.25) is 9.59 Å². The van der Waals surface area contributed by atoms with Gasteiger partial charge < -0.3 is 14.6 Å². The van der Waals surface area contributed by atoms with E-state index < -0.39 is 41.4 Å². The second-order valence-corrected chi connectivity index (χ2v) is 9.50. The first-order chi connectivity index (χ1) is 13.8. The number of aliphatic hydroxyl groups excluding tert-OH is 1. The van der Waals surface area contributed by atoms with Gasteiger partial charge in [0.15, 0.2) is 0 Å². The van der Waals surface area contributed by atoms with E-state index in [9.17, 15) is 18.4 Å². The minimum atomic E-state index is -3.29. The van der Waals surface area contributed by atoms with Gasteiger partial charge in [0, 0.05) is 6.42 Å². The molecule has 1 unspecified atom stereocenters. The number of esters is 2. The summed E-state index contributed by atoms with van der Waals surface area (Å²) < 4.78 is 38.0. The summed E-state index contributed by atoms with van der Waals surface area (Å²) in [6.45, 7) is 5.46. The van der Waals surface area contributed by atoms with E-state index in [0.29, 0.717) is 12.0 Å². The van der Waals surface area contributed by atoms with Gasteiger partial charge in [0.05, 0.1) is 17.9 Å². The van der Waals surface area contributed by atoms with Crippen molar-refractivity contribution in [3.63, 3.8) is 0 Å². The van der Waals surface area contributed by atoms with Gasteiger partial charge >= 0.3 is 11.9 Å². The number of hydrogen-bond donors (Lipinski definition) is 1. The van der Waals surface area contributed by atoms with Crippen molar-refractivity contribution < 1.29 is 33.0 Å². The van der Waals surface area contributed by atoms with Gasteiger partial charge in [0.2, 0.25) is 0 Å². The van der Waals surface area contributed by atoms with E-state index in [-0.39, 0.29) is 12.4 Å². The number of aliphatic hydroxyl groups is 1. The molecule has 0 saturated heterocycles. The van der Waals surface area contributed by atoms with Crippen LogP contribution in [0.5, 0.6) is 0 Å². The molecule has 1 fully saturated rings. The maximum atomic E-state index is 13.8. The highest BCUT2D eigenvalue weighted by Gasteiger charge is 2.51. The zero-order valence-corrected chi connectivity index (χ0v) is 18.4. The smallest absolute Gasteiger partial charge is 0.316 e. The minimum absolute atomic E-state index is 0.193. The maximum Gasteiger partial charge on any atom is 0.316 e. The van der Waals surface area contributed by atoms with Gasteiger partial charge in [-0.15, -0.1) is 0 Å². The topological polar surface area (TPSA) is 72.8 Å². The average Bonchev–Trinajstić information content (AvgIpc) is 3.45. The Kier molecular flexibility index (Phi) is 6.96. The molecule has 0 aromatic heterocycles. The number of halogens is 2. The van der Waals surface area contributed by atoms with Crippen LogP contribution < -0.4 is 0 Å². The summed E-state index contributed by atoms with van der Waals surface area (Å²) in [5.41, 5.74) is -1.27. The Morgan fingerprint density at radius 3 is 2.27 bits per heavy atom. The number of carbonyl (C=O) groups excluding carboxylic acids is 2. The predicted octanol–water partition coefficient (Wildman–Crippen LogP) is 4.19. The molecule has 1 N–H and O–H groups in total. The normalized spacial score (nSPS) is 17.7. The fraction of sp³-hybridized carbons (Fsp3) is 0.652. The molecule has 1 aliphatic rings. The van der Waals surface area contributed by atoms with Crippen molar-refractivity contribution in [2.24, 2.45) is 5.41 Å². The third-order valence-corrected chi connectivity index (χ3v) is 5.65. The fourth-order valence-electron chi connectivity index (χ4n) is 3.50. The molecule has 30 heavy (non-hydrogen) atoms. The lowest BCUT2D eigenvalue weighted by molar-refractivity contribution is -0.163. The summed E-state index contributed by atoms with van der Waals surface area (Å²) in [7, 11) is 1.36. The van der Waals surface area contributed by atoms with Crippen LogP contribution in [0.2, 0.25) is 0 Å². The van der Waals surface area contributed by atoms with Crippen LogP contribution in [0.3, 0.4) is 0 Å². The highest BCUT2D eigenvalue weighted by atomic mass is 19.3.